The third kappa shape index (κ3) is 4.21. The van der Waals surface area contributed by atoms with Crippen LogP contribution in [0, 0.1) is 0 Å². The molecule has 120 valence electrons. The highest BCUT2D eigenvalue weighted by molar-refractivity contribution is 5.72. The molecule has 0 bridgehead atoms. The van der Waals surface area contributed by atoms with Gasteiger partial charge < -0.3 is 14.7 Å². The molecular formula is C16H22N2O4. The van der Waals surface area contributed by atoms with Crippen LogP contribution in [0.15, 0.2) is 24.3 Å². The lowest BCUT2D eigenvalue weighted by atomic mass is 10.1. The molecule has 0 aliphatic carbocycles. The average Bonchev–Trinajstić information content (AvgIpc) is 2.49. The zero-order valence-corrected chi connectivity index (χ0v) is 13.0. The molecule has 0 aromatic heterocycles. The maximum atomic E-state index is 11.2. The summed E-state index contributed by atoms with van der Waals surface area (Å²) in [7, 11) is 1.38. The summed E-state index contributed by atoms with van der Waals surface area (Å²) in [5, 5.41) is 9.08. The molecule has 1 atom stereocenters. The van der Waals surface area contributed by atoms with Gasteiger partial charge in [0.25, 0.3) is 0 Å². The molecule has 0 saturated carbocycles. The van der Waals surface area contributed by atoms with Crippen LogP contribution in [0.4, 0.5) is 4.79 Å². The van der Waals surface area contributed by atoms with E-state index in [-0.39, 0.29) is 18.4 Å². The molecule has 0 radical (unpaired) electrons. The Bertz CT molecular complexity index is 529. The first-order chi connectivity index (χ1) is 10.5. The lowest BCUT2D eigenvalue weighted by Crippen LogP contribution is -2.53. The van der Waals surface area contributed by atoms with Crippen LogP contribution in [0.2, 0.25) is 0 Å². The van der Waals surface area contributed by atoms with Gasteiger partial charge >= 0.3 is 12.1 Å². The van der Waals surface area contributed by atoms with E-state index in [0.29, 0.717) is 6.54 Å². The second-order valence-corrected chi connectivity index (χ2v) is 5.63. The van der Waals surface area contributed by atoms with Gasteiger partial charge in [0.2, 0.25) is 0 Å². The molecule has 22 heavy (non-hydrogen) atoms. The molecule has 0 spiro atoms. The number of hydrogen-bond acceptors (Lipinski definition) is 4. The number of ether oxygens (including phenoxy) is 1. The van der Waals surface area contributed by atoms with E-state index in [1.54, 1.807) is 0 Å². The third-order valence-electron chi connectivity index (χ3n) is 3.96. The Labute approximate surface area is 130 Å². The molecule has 1 saturated heterocycles. The lowest BCUT2D eigenvalue weighted by Gasteiger charge is -2.38. The van der Waals surface area contributed by atoms with E-state index in [9.17, 15) is 9.59 Å². The van der Waals surface area contributed by atoms with Crippen molar-refractivity contribution in [3.63, 3.8) is 0 Å². The van der Waals surface area contributed by atoms with Gasteiger partial charge in [-0.25, -0.2) is 4.79 Å². The Morgan fingerprint density at radius 1 is 1.23 bits per heavy atom. The molecule has 1 aromatic rings. The Morgan fingerprint density at radius 3 is 2.41 bits per heavy atom. The summed E-state index contributed by atoms with van der Waals surface area (Å²) in [5.41, 5.74) is 2.09. The smallest absolute Gasteiger partial charge is 0.407 e. The number of carbonyl (C=O) groups is 2. The van der Waals surface area contributed by atoms with Gasteiger partial charge in [-0.15, -0.1) is 0 Å². The second-order valence-electron chi connectivity index (χ2n) is 5.63. The highest BCUT2D eigenvalue weighted by Crippen LogP contribution is 2.14. The summed E-state index contributed by atoms with van der Waals surface area (Å²) in [6.45, 7) is 4.73. The molecule has 1 aliphatic heterocycles. The minimum absolute atomic E-state index is 0.00449. The standard InChI is InChI=1S/C16H22N2O4/c1-12-10-17(7-8-18(12)16(20)21)11-14-5-3-13(4-6-14)9-15(19)22-2/h3-6,12H,7-11H2,1-2H3,(H,20,21)/t12-/m0/s1. The molecule has 1 aliphatic rings. The zero-order valence-electron chi connectivity index (χ0n) is 13.0. The number of carboxylic acid groups (broad SMARTS) is 1. The summed E-state index contributed by atoms with van der Waals surface area (Å²) in [6, 6.07) is 7.88. The van der Waals surface area contributed by atoms with Crippen LogP contribution in [0.5, 0.6) is 0 Å². The Hall–Kier alpha value is -2.08. The summed E-state index contributed by atoms with van der Waals surface area (Å²) in [5.74, 6) is -0.244. The van der Waals surface area contributed by atoms with Gasteiger partial charge in [0.15, 0.2) is 0 Å². The van der Waals surface area contributed by atoms with E-state index in [2.05, 4.69) is 9.64 Å². The van der Waals surface area contributed by atoms with Crippen molar-refractivity contribution in [2.24, 2.45) is 0 Å². The van der Waals surface area contributed by atoms with Crippen molar-refractivity contribution >= 4 is 12.1 Å². The fraction of sp³-hybridized carbons (Fsp3) is 0.500. The molecule has 1 heterocycles. The molecule has 6 nitrogen and oxygen atoms in total. The first-order valence-corrected chi connectivity index (χ1v) is 7.36. The van der Waals surface area contributed by atoms with Crippen molar-refractivity contribution in [1.82, 2.24) is 9.80 Å². The Morgan fingerprint density at radius 2 is 1.86 bits per heavy atom. The average molecular weight is 306 g/mol. The molecule has 1 aromatic carbocycles. The van der Waals surface area contributed by atoms with Crippen molar-refractivity contribution in [1.29, 1.82) is 0 Å². The summed E-state index contributed by atoms with van der Waals surface area (Å²) in [6.07, 6.45) is -0.565. The first-order valence-electron chi connectivity index (χ1n) is 7.36. The number of esters is 1. The van der Waals surface area contributed by atoms with Crippen molar-refractivity contribution < 1.29 is 19.4 Å². The number of benzene rings is 1. The number of rotatable bonds is 4. The summed E-state index contributed by atoms with van der Waals surface area (Å²) in [4.78, 5) is 26.0. The van der Waals surface area contributed by atoms with Gasteiger partial charge in [0, 0.05) is 32.2 Å². The predicted octanol–water partition coefficient (Wildman–Crippen LogP) is 1.59. The molecule has 0 unspecified atom stereocenters. The van der Waals surface area contributed by atoms with E-state index in [4.69, 9.17) is 5.11 Å². The largest absolute Gasteiger partial charge is 0.469 e. The van der Waals surface area contributed by atoms with E-state index >= 15 is 0 Å². The highest BCUT2D eigenvalue weighted by Gasteiger charge is 2.26. The molecule has 6 heteroatoms. The third-order valence-corrected chi connectivity index (χ3v) is 3.96. The Kier molecular flexibility index (Phi) is 5.38. The first kappa shape index (κ1) is 16.3. The number of hydrogen-bond donors (Lipinski definition) is 1. The SMILES string of the molecule is COC(=O)Cc1ccc(CN2CCN(C(=O)O)[C@@H](C)C2)cc1. The van der Waals surface area contributed by atoms with Crippen LogP contribution in [-0.4, -0.2) is 59.8 Å². The number of methoxy groups -OCH3 is 1. The number of piperazine rings is 1. The van der Waals surface area contributed by atoms with Gasteiger partial charge in [-0.05, 0) is 18.1 Å². The number of carbonyl (C=O) groups excluding carboxylic acids is 1. The molecule has 2 rings (SSSR count). The van der Waals surface area contributed by atoms with Crippen molar-refractivity contribution in [3.05, 3.63) is 35.4 Å². The minimum atomic E-state index is -0.848. The van der Waals surface area contributed by atoms with Crippen LogP contribution in [0.25, 0.3) is 0 Å². The van der Waals surface area contributed by atoms with Crippen LogP contribution >= 0.6 is 0 Å². The van der Waals surface area contributed by atoms with Gasteiger partial charge in [0.05, 0.1) is 13.5 Å². The van der Waals surface area contributed by atoms with Gasteiger partial charge in [-0.3, -0.25) is 9.69 Å². The maximum absolute atomic E-state index is 11.2. The van der Waals surface area contributed by atoms with E-state index in [1.807, 2.05) is 31.2 Å². The maximum Gasteiger partial charge on any atom is 0.407 e. The second kappa shape index (κ2) is 7.26. The minimum Gasteiger partial charge on any atom is -0.469 e. The van der Waals surface area contributed by atoms with Crippen LogP contribution in [-0.2, 0) is 22.5 Å². The number of nitrogens with zero attached hydrogens (tertiary/aromatic N) is 2. The van der Waals surface area contributed by atoms with Gasteiger partial charge in [0.1, 0.15) is 0 Å². The van der Waals surface area contributed by atoms with Gasteiger partial charge in [-0.2, -0.15) is 0 Å². The molecule has 1 fully saturated rings. The topological polar surface area (TPSA) is 70.1 Å². The quantitative estimate of drug-likeness (QED) is 0.855. The predicted molar refractivity (Wildman–Crippen MR) is 81.6 cm³/mol. The van der Waals surface area contributed by atoms with E-state index in [1.165, 1.54) is 12.0 Å². The van der Waals surface area contributed by atoms with Crippen molar-refractivity contribution in [3.8, 4) is 0 Å². The van der Waals surface area contributed by atoms with Crippen LogP contribution in [0.1, 0.15) is 18.1 Å². The summed E-state index contributed by atoms with van der Waals surface area (Å²) < 4.78 is 4.65. The van der Waals surface area contributed by atoms with E-state index < -0.39 is 6.09 Å². The Balaban J connectivity index is 1.89. The normalized spacial score (nSPS) is 19.0. The highest BCUT2D eigenvalue weighted by atomic mass is 16.5. The van der Waals surface area contributed by atoms with Crippen molar-refractivity contribution in [2.45, 2.75) is 25.9 Å². The van der Waals surface area contributed by atoms with Gasteiger partial charge in [-0.1, -0.05) is 24.3 Å². The van der Waals surface area contributed by atoms with Crippen LogP contribution in [0.3, 0.4) is 0 Å². The van der Waals surface area contributed by atoms with Crippen LogP contribution < -0.4 is 0 Å². The molecule has 1 amide bonds. The summed E-state index contributed by atoms with van der Waals surface area (Å²) >= 11 is 0. The van der Waals surface area contributed by atoms with Crippen molar-refractivity contribution in [2.75, 3.05) is 26.7 Å². The fourth-order valence-electron chi connectivity index (χ4n) is 2.72. The molecular weight excluding hydrogens is 284 g/mol. The molecule has 1 N–H and O–H groups in total. The monoisotopic (exact) mass is 306 g/mol. The fourth-order valence-corrected chi connectivity index (χ4v) is 2.72. The lowest BCUT2D eigenvalue weighted by molar-refractivity contribution is -0.139. The zero-order chi connectivity index (χ0) is 16.1. The van der Waals surface area contributed by atoms with E-state index in [0.717, 1.165) is 30.8 Å². The number of amides is 1.